The molecule has 1 N–H and O–H groups in total. The number of hydrogen-bond acceptors (Lipinski definition) is 4. The van der Waals surface area contributed by atoms with E-state index in [-0.39, 0.29) is 6.61 Å². The third kappa shape index (κ3) is 5.66. The maximum Gasteiger partial charge on any atom is 0.163 e. The fourth-order valence-electron chi connectivity index (χ4n) is 2.82. The maximum absolute atomic E-state index is 6.51. The fourth-order valence-corrected chi connectivity index (χ4v) is 3.55. The van der Waals surface area contributed by atoms with Crippen LogP contribution in [0.25, 0.3) is 0 Å². The summed E-state index contributed by atoms with van der Waals surface area (Å²) in [5, 5.41) is 5.01. The van der Waals surface area contributed by atoms with Crippen LogP contribution in [0.5, 0.6) is 17.2 Å². The van der Waals surface area contributed by atoms with Crippen molar-refractivity contribution in [2.24, 2.45) is 0 Å². The molecule has 0 aliphatic carbocycles. The molecule has 0 atom stereocenters. The molecule has 0 aliphatic heterocycles. The predicted octanol–water partition coefficient (Wildman–Crippen LogP) is 7.25. The van der Waals surface area contributed by atoms with E-state index < -0.39 is 0 Å². The number of benzene rings is 3. The summed E-state index contributed by atoms with van der Waals surface area (Å²) in [6.45, 7) is 3.15. The molecule has 0 saturated heterocycles. The smallest absolute Gasteiger partial charge is 0.163 e. The van der Waals surface area contributed by atoms with Gasteiger partial charge in [-0.1, -0.05) is 40.9 Å². The SMILES string of the molecule is CCOc1cc(CNc2ccc(OC)cc2)c(Cl)cc1OCc1c(Cl)cccc1Cl. The fraction of sp³-hybridized carbons (Fsp3) is 0.217. The Balaban J connectivity index is 1.75. The zero-order valence-corrected chi connectivity index (χ0v) is 18.9. The number of anilines is 1. The standard InChI is InChI=1S/C23H22Cl3NO3/c1-3-29-22-11-15(13-27-16-7-9-17(28-2)10-8-16)21(26)12-23(22)30-14-18-19(24)5-4-6-20(18)25/h4-12,27H,3,13-14H2,1-2H3. The van der Waals surface area contributed by atoms with Gasteiger partial charge >= 0.3 is 0 Å². The summed E-state index contributed by atoms with van der Waals surface area (Å²) in [7, 11) is 1.64. The molecule has 0 aliphatic rings. The minimum absolute atomic E-state index is 0.207. The lowest BCUT2D eigenvalue weighted by Crippen LogP contribution is -2.04. The number of methoxy groups -OCH3 is 1. The monoisotopic (exact) mass is 465 g/mol. The van der Waals surface area contributed by atoms with Gasteiger partial charge in [-0.15, -0.1) is 0 Å². The Morgan fingerprint density at radius 2 is 1.50 bits per heavy atom. The van der Waals surface area contributed by atoms with Gasteiger partial charge in [-0.05, 0) is 55.0 Å². The van der Waals surface area contributed by atoms with Crippen molar-refractivity contribution in [1.29, 1.82) is 0 Å². The van der Waals surface area contributed by atoms with Gasteiger partial charge in [0.15, 0.2) is 11.5 Å². The summed E-state index contributed by atoms with van der Waals surface area (Å²) in [6, 6.07) is 16.7. The first kappa shape index (κ1) is 22.4. The molecule has 3 aromatic rings. The molecule has 0 spiro atoms. The first-order chi connectivity index (χ1) is 14.5. The highest BCUT2D eigenvalue weighted by atomic mass is 35.5. The molecule has 3 rings (SSSR count). The van der Waals surface area contributed by atoms with Crippen LogP contribution in [0.3, 0.4) is 0 Å². The van der Waals surface area contributed by atoms with Crippen molar-refractivity contribution in [1.82, 2.24) is 0 Å². The summed E-state index contributed by atoms with van der Waals surface area (Å²) in [6.07, 6.45) is 0. The van der Waals surface area contributed by atoms with E-state index in [0.717, 1.165) is 17.0 Å². The van der Waals surface area contributed by atoms with E-state index in [1.165, 1.54) is 0 Å². The van der Waals surface area contributed by atoms with E-state index in [0.29, 0.717) is 45.3 Å². The lowest BCUT2D eigenvalue weighted by molar-refractivity contribution is 0.269. The Morgan fingerprint density at radius 1 is 0.833 bits per heavy atom. The van der Waals surface area contributed by atoms with Crippen LogP contribution in [0.4, 0.5) is 5.69 Å². The van der Waals surface area contributed by atoms with Crippen molar-refractivity contribution in [3.8, 4) is 17.2 Å². The van der Waals surface area contributed by atoms with Gasteiger partial charge in [-0.25, -0.2) is 0 Å². The second-order valence-electron chi connectivity index (χ2n) is 6.39. The lowest BCUT2D eigenvalue weighted by atomic mass is 10.2. The molecule has 0 amide bonds. The van der Waals surface area contributed by atoms with Gasteiger partial charge in [0.1, 0.15) is 12.4 Å². The van der Waals surface area contributed by atoms with Crippen LogP contribution in [0, 0.1) is 0 Å². The predicted molar refractivity (Wildman–Crippen MR) is 124 cm³/mol. The number of ether oxygens (including phenoxy) is 3. The van der Waals surface area contributed by atoms with Crippen molar-refractivity contribution in [3.63, 3.8) is 0 Å². The second-order valence-corrected chi connectivity index (χ2v) is 7.62. The zero-order valence-electron chi connectivity index (χ0n) is 16.7. The van der Waals surface area contributed by atoms with Gasteiger partial charge in [-0.2, -0.15) is 0 Å². The maximum atomic E-state index is 6.51. The number of hydrogen-bond donors (Lipinski definition) is 1. The molecule has 0 unspecified atom stereocenters. The largest absolute Gasteiger partial charge is 0.497 e. The molecule has 0 saturated carbocycles. The van der Waals surface area contributed by atoms with Crippen molar-refractivity contribution in [2.75, 3.05) is 19.0 Å². The van der Waals surface area contributed by atoms with Crippen LogP contribution in [-0.4, -0.2) is 13.7 Å². The molecule has 30 heavy (non-hydrogen) atoms. The van der Waals surface area contributed by atoms with Gasteiger partial charge in [0.05, 0.1) is 13.7 Å². The molecular weight excluding hydrogens is 445 g/mol. The van der Waals surface area contributed by atoms with Crippen LogP contribution in [0.15, 0.2) is 54.6 Å². The number of nitrogens with one attached hydrogen (secondary N) is 1. The highest BCUT2D eigenvalue weighted by molar-refractivity contribution is 6.36. The molecular formula is C23H22Cl3NO3. The van der Waals surface area contributed by atoms with E-state index in [1.54, 1.807) is 31.4 Å². The molecule has 4 nitrogen and oxygen atoms in total. The second kappa shape index (κ2) is 10.7. The minimum atomic E-state index is 0.207. The Labute approximate surface area is 191 Å². The van der Waals surface area contributed by atoms with Gasteiger partial charge in [0.2, 0.25) is 0 Å². The first-order valence-electron chi connectivity index (χ1n) is 9.40. The summed E-state index contributed by atoms with van der Waals surface area (Å²) in [4.78, 5) is 0. The topological polar surface area (TPSA) is 39.7 Å². The van der Waals surface area contributed by atoms with Crippen LogP contribution in [0.2, 0.25) is 15.1 Å². The van der Waals surface area contributed by atoms with Gasteiger partial charge in [0.25, 0.3) is 0 Å². The quantitative estimate of drug-likeness (QED) is 0.360. The summed E-state index contributed by atoms with van der Waals surface area (Å²) in [5.41, 5.74) is 2.56. The summed E-state index contributed by atoms with van der Waals surface area (Å²) >= 11 is 19.0. The van der Waals surface area contributed by atoms with Crippen LogP contribution in [0.1, 0.15) is 18.1 Å². The number of rotatable bonds is 9. The van der Waals surface area contributed by atoms with E-state index in [2.05, 4.69) is 5.32 Å². The lowest BCUT2D eigenvalue weighted by Gasteiger charge is -2.16. The van der Waals surface area contributed by atoms with Crippen molar-refractivity contribution >= 4 is 40.5 Å². The zero-order chi connectivity index (χ0) is 21.5. The summed E-state index contributed by atoms with van der Waals surface area (Å²) in [5.74, 6) is 1.94. The van der Waals surface area contributed by atoms with Crippen molar-refractivity contribution in [2.45, 2.75) is 20.1 Å². The molecule has 0 bridgehead atoms. The van der Waals surface area contributed by atoms with E-state index >= 15 is 0 Å². The molecule has 0 radical (unpaired) electrons. The normalized spacial score (nSPS) is 10.6. The molecule has 0 fully saturated rings. The Kier molecular flexibility index (Phi) is 7.97. The average molecular weight is 467 g/mol. The Bertz CT molecular complexity index is 973. The van der Waals surface area contributed by atoms with Gasteiger partial charge in [0, 0.05) is 38.9 Å². The molecule has 7 heteroatoms. The van der Waals surface area contributed by atoms with Crippen LogP contribution >= 0.6 is 34.8 Å². The van der Waals surface area contributed by atoms with E-state index in [1.807, 2.05) is 37.3 Å². The molecule has 158 valence electrons. The van der Waals surface area contributed by atoms with E-state index in [4.69, 9.17) is 49.0 Å². The van der Waals surface area contributed by atoms with Gasteiger partial charge in [-0.3, -0.25) is 0 Å². The van der Waals surface area contributed by atoms with Crippen molar-refractivity contribution < 1.29 is 14.2 Å². The van der Waals surface area contributed by atoms with Crippen LogP contribution < -0.4 is 19.5 Å². The molecule has 0 heterocycles. The summed E-state index contributed by atoms with van der Waals surface area (Å²) < 4.78 is 16.9. The van der Waals surface area contributed by atoms with Crippen LogP contribution in [-0.2, 0) is 13.2 Å². The third-order valence-electron chi connectivity index (χ3n) is 4.42. The highest BCUT2D eigenvalue weighted by Gasteiger charge is 2.13. The van der Waals surface area contributed by atoms with Gasteiger partial charge < -0.3 is 19.5 Å². The Morgan fingerprint density at radius 3 is 2.13 bits per heavy atom. The first-order valence-corrected chi connectivity index (χ1v) is 10.5. The van der Waals surface area contributed by atoms with Crippen molar-refractivity contribution in [3.05, 3.63) is 80.8 Å². The highest BCUT2D eigenvalue weighted by Crippen LogP contribution is 2.35. The van der Waals surface area contributed by atoms with E-state index in [9.17, 15) is 0 Å². The average Bonchev–Trinajstić information content (AvgIpc) is 2.74. The number of halogens is 3. The third-order valence-corrected chi connectivity index (χ3v) is 5.48. The molecule has 0 aromatic heterocycles. The molecule has 3 aromatic carbocycles. The Hall–Kier alpha value is -2.27. The minimum Gasteiger partial charge on any atom is -0.497 e.